The van der Waals surface area contributed by atoms with Crippen LogP contribution in [0.5, 0.6) is 11.5 Å². The van der Waals surface area contributed by atoms with E-state index < -0.39 is 23.7 Å². The predicted octanol–water partition coefficient (Wildman–Crippen LogP) is 4.95. The van der Waals surface area contributed by atoms with Crippen molar-refractivity contribution in [3.8, 4) is 11.5 Å². The summed E-state index contributed by atoms with van der Waals surface area (Å²) in [7, 11) is 1.32. The van der Waals surface area contributed by atoms with E-state index in [0.29, 0.717) is 30.6 Å². The quantitative estimate of drug-likeness (QED) is 0.529. The van der Waals surface area contributed by atoms with E-state index >= 15 is 0 Å². The van der Waals surface area contributed by atoms with Crippen molar-refractivity contribution in [2.24, 2.45) is 0 Å². The zero-order valence-corrected chi connectivity index (χ0v) is 15.5. The fraction of sp³-hybridized carbons (Fsp3) is 0.381. The molecule has 2 aliphatic rings. The molecule has 2 atom stereocenters. The highest BCUT2D eigenvalue weighted by molar-refractivity contribution is 5.71. The monoisotopic (exact) mass is 410 g/mol. The number of carbonyl (C=O) groups excluding carboxylic acids is 1. The van der Waals surface area contributed by atoms with Crippen molar-refractivity contribution < 1.29 is 36.6 Å². The minimum Gasteiger partial charge on any atom is -0.492 e. The van der Waals surface area contributed by atoms with Crippen molar-refractivity contribution in [1.29, 1.82) is 0 Å². The van der Waals surface area contributed by atoms with E-state index in [1.807, 2.05) is 0 Å². The van der Waals surface area contributed by atoms with Crippen LogP contribution in [0.2, 0.25) is 0 Å². The van der Waals surface area contributed by atoms with Gasteiger partial charge in [-0.15, -0.1) is 0 Å². The van der Waals surface area contributed by atoms with Crippen LogP contribution >= 0.6 is 0 Å². The van der Waals surface area contributed by atoms with Crippen LogP contribution in [-0.4, -0.2) is 19.7 Å². The van der Waals surface area contributed by atoms with Crippen LogP contribution in [0.25, 0.3) is 0 Å². The number of alkyl halides is 3. The molecule has 0 aromatic heterocycles. The Morgan fingerprint density at radius 1 is 1.21 bits per heavy atom. The number of benzene rings is 2. The number of fused-ring (bicyclic) bond motifs is 2. The molecule has 4 rings (SSSR count). The summed E-state index contributed by atoms with van der Waals surface area (Å²) in [5.74, 6) is -0.420. The second-order valence-corrected chi connectivity index (χ2v) is 7.15. The molecule has 154 valence electrons. The van der Waals surface area contributed by atoms with Crippen molar-refractivity contribution in [2.45, 2.75) is 37.5 Å². The van der Waals surface area contributed by atoms with Crippen molar-refractivity contribution in [1.82, 2.24) is 0 Å². The molecule has 29 heavy (non-hydrogen) atoms. The maximum absolute atomic E-state index is 13.8. The van der Waals surface area contributed by atoms with Gasteiger partial charge in [0.2, 0.25) is 0 Å². The predicted molar refractivity (Wildman–Crippen MR) is 94.4 cm³/mol. The lowest BCUT2D eigenvalue weighted by atomic mass is 9.98. The van der Waals surface area contributed by atoms with Crippen molar-refractivity contribution in [2.75, 3.05) is 13.7 Å². The number of halogens is 4. The third kappa shape index (κ3) is 3.75. The lowest BCUT2D eigenvalue weighted by Gasteiger charge is -2.17. The molecule has 1 heterocycles. The summed E-state index contributed by atoms with van der Waals surface area (Å²) in [5, 5.41) is 0. The van der Waals surface area contributed by atoms with Gasteiger partial charge in [-0.1, -0.05) is 6.07 Å². The summed E-state index contributed by atoms with van der Waals surface area (Å²) < 4.78 is 69.7. The van der Waals surface area contributed by atoms with E-state index in [2.05, 4.69) is 4.74 Å². The lowest BCUT2D eigenvalue weighted by Crippen LogP contribution is -2.11. The molecular formula is C21H18F4O4. The van der Waals surface area contributed by atoms with Crippen LogP contribution in [-0.2, 0) is 22.1 Å². The van der Waals surface area contributed by atoms with Crippen LogP contribution < -0.4 is 9.47 Å². The van der Waals surface area contributed by atoms with Crippen molar-refractivity contribution >= 4 is 5.97 Å². The van der Waals surface area contributed by atoms with E-state index in [1.54, 1.807) is 18.2 Å². The van der Waals surface area contributed by atoms with Gasteiger partial charge in [-0.25, -0.2) is 4.39 Å². The Balaban J connectivity index is 1.56. The first-order valence-electron chi connectivity index (χ1n) is 9.16. The van der Waals surface area contributed by atoms with E-state index in [9.17, 15) is 22.4 Å². The van der Waals surface area contributed by atoms with Crippen LogP contribution in [0.1, 0.15) is 47.1 Å². The summed E-state index contributed by atoms with van der Waals surface area (Å²) in [5.41, 5.74) is 0.211. The molecular weight excluding hydrogens is 392 g/mol. The average Bonchev–Trinajstić information content (AvgIpc) is 3.24. The molecule has 0 saturated heterocycles. The van der Waals surface area contributed by atoms with Crippen molar-refractivity contribution in [3.63, 3.8) is 0 Å². The zero-order valence-electron chi connectivity index (χ0n) is 15.5. The number of carbonyl (C=O) groups is 1. The molecule has 2 aromatic rings. The van der Waals surface area contributed by atoms with Gasteiger partial charge in [0.05, 0.1) is 25.7 Å². The maximum atomic E-state index is 13.8. The third-order valence-corrected chi connectivity index (χ3v) is 5.34. The maximum Gasteiger partial charge on any atom is 0.416 e. The minimum absolute atomic E-state index is 0.0828. The van der Waals surface area contributed by atoms with Crippen LogP contribution in [0, 0.1) is 5.82 Å². The Labute approximate surface area is 164 Å². The van der Waals surface area contributed by atoms with Crippen LogP contribution in [0.3, 0.4) is 0 Å². The Hall–Kier alpha value is -2.77. The number of methoxy groups -OCH3 is 1. The molecule has 0 N–H and O–H groups in total. The Morgan fingerprint density at radius 3 is 2.72 bits per heavy atom. The van der Waals surface area contributed by atoms with E-state index in [1.165, 1.54) is 7.11 Å². The van der Waals surface area contributed by atoms with Crippen LogP contribution in [0.4, 0.5) is 17.6 Å². The van der Waals surface area contributed by atoms with E-state index in [-0.39, 0.29) is 35.9 Å². The van der Waals surface area contributed by atoms with Gasteiger partial charge in [-0.2, -0.15) is 13.2 Å². The summed E-state index contributed by atoms with van der Waals surface area (Å²) >= 11 is 0. The molecule has 0 saturated carbocycles. The van der Waals surface area contributed by atoms with E-state index in [0.717, 1.165) is 11.6 Å². The molecule has 0 amide bonds. The van der Waals surface area contributed by atoms with Crippen LogP contribution in [0.15, 0.2) is 30.3 Å². The smallest absolute Gasteiger partial charge is 0.416 e. The second kappa shape index (κ2) is 7.24. The van der Waals surface area contributed by atoms with Gasteiger partial charge < -0.3 is 14.2 Å². The summed E-state index contributed by atoms with van der Waals surface area (Å²) in [6.07, 6.45) is -4.61. The molecule has 0 bridgehead atoms. The Bertz CT molecular complexity index is 954. The van der Waals surface area contributed by atoms with Gasteiger partial charge in [0, 0.05) is 17.5 Å². The molecule has 1 aliphatic heterocycles. The molecule has 0 radical (unpaired) electrons. The first kappa shape index (κ1) is 19.5. The van der Waals surface area contributed by atoms with E-state index in [4.69, 9.17) is 9.47 Å². The summed E-state index contributed by atoms with van der Waals surface area (Å²) in [4.78, 5) is 11.5. The van der Waals surface area contributed by atoms with Gasteiger partial charge in [0.15, 0.2) is 0 Å². The standard InChI is InChI=1S/C21H18F4O4/c1-27-20(26)6-11-10-28-19-9-13(2-3-14(11)19)29-18-5-4-15-16(18)7-12(22)8-17(15)21(23,24)25/h2-3,7-9,11,18H,4-6,10H2,1H3/t11?,18-/m1/s1. The topological polar surface area (TPSA) is 44.8 Å². The number of rotatable bonds is 4. The molecule has 4 nitrogen and oxygen atoms in total. The average molecular weight is 410 g/mol. The zero-order chi connectivity index (χ0) is 20.8. The van der Waals surface area contributed by atoms with Gasteiger partial charge in [0.1, 0.15) is 23.4 Å². The van der Waals surface area contributed by atoms with Crippen molar-refractivity contribution in [3.05, 3.63) is 58.4 Å². The highest BCUT2D eigenvalue weighted by Gasteiger charge is 2.39. The Kier molecular flexibility index (Phi) is 4.88. The third-order valence-electron chi connectivity index (χ3n) is 5.34. The molecule has 1 unspecified atom stereocenters. The highest BCUT2D eigenvalue weighted by atomic mass is 19.4. The number of hydrogen-bond acceptors (Lipinski definition) is 4. The number of ether oxygens (including phenoxy) is 3. The first-order valence-corrected chi connectivity index (χ1v) is 9.16. The molecule has 0 spiro atoms. The SMILES string of the molecule is COC(=O)CC1COc2cc(O[C@@H]3CCc4c3cc(F)cc4C(F)(F)F)ccc21. The Morgan fingerprint density at radius 2 is 2.00 bits per heavy atom. The number of hydrogen-bond donors (Lipinski definition) is 0. The lowest BCUT2D eigenvalue weighted by molar-refractivity contribution is -0.141. The van der Waals surface area contributed by atoms with Gasteiger partial charge in [0.25, 0.3) is 0 Å². The molecule has 1 aliphatic carbocycles. The number of esters is 1. The second-order valence-electron chi connectivity index (χ2n) is 7.15. The van der Waals surface area contributed by atoms with Gasteiger partial charge >= 0.3 is 12.1 Å². The molecule has 8 heteroatoms. The largest absolute Gasteiger partial charge is 0.492 e. The molecule has 0 fully saturated rings. The first-order chi connectivity index (χ1) is 13.8. The fourth-order valence-electron chi connectivity index (χ4n) is 3.98. The highest BCUT2D eigenvalue weighted by Crippen LogP contribution is 2.44. The minimum atomic E-state index is -4.61. The summed E-state index contributed by atoms with van der Waals surface area (Å²) in [6.45, 7) is 0.334. The molecule has 2 aromatic carbocycles. The summed E-state index contributed by atoms with van der Waals surface area (Å²) in [6, 6.07) is 6.74. The van der Waals surface area contributed by atoms with Gasteiger partial charge in [-0.3, -0.25) is 4.79 Å². The fourth-order valence-corrected chi connectivity index (χ4v) is 3.98. The normalized spacial score (nSPS) is 20.0. The van der Waals surface area contributed by atoms with Gasteiger partial charge in [-0.05, 0) is 42.2 Å².